The topological polar surface area (TPSA) is 40.4 Å². The van der Waals surface area contributed by atoms with Crippen molar-refractivity contribution in [2.24, 2.45) is 0 Å². The first-order valence-corrected chi connectivity index (χ1v) is 9.44. The van der Waals surface area contributed by atoms with Gasteiger partial charge in [-0.1, -0.05) is 12.5 Å². The van der Waals surface area contributed by atoms with E-state index in [-0.39, 0.29) is 6.04 Å². The molecule has 1 fully saturated rings. The van der Waals surface area contributed by atoms with Crippen molar-refractivity contribution in [1.29, 1.82) is 0 Å². The average molecular weight is 358 g/mol. The molecule has 2 heterocycles. The number of piperidine rings is 1. The Bertz CT molecular complexity index is 693. The zero-order valence-electron chi connectivity index (χ0n) is 15.0. The average Bonchev–Trinajstić information content (AvgIpc) is 3.14. The molecule has 1 saturated heterocycles. The number of rotatable bonds is 5. The van der Waals surface area contributed by atoms with Crippen LogP contribution in [0.3, 0.4) is 0 Å². The Kier molecular flexibility index (Phi) is 6.10. The number of likely N-dealkylation sites (tertiary alicyclic amines) is 1. The second kappa shape index (κ2) is 8.50. The fourth-order valence-corrected chi connectivity index (χ4v) is 3.51. The van der Waals surface area contributed by atoms with E-state index in [4.69, 9.17) is 16.6 Å². The van der Waals surface area contributed by atoms with E-state index >= 15 is 0 Å². The number of hydrogen-bond acceptors (Lipinski definition) is 3. The molecule has 5 heteroatoms. The van der Waals surface area contributed by atoms with Crippen LogP contribution in [-0.4, -0.2) is 29.6 Å². The molecule has 0 amide bonds. The van der Waals surface area contributed by atoms with Gasteiger partial charge in [-0.3, -0.25) is 4.90 Å². The van der Waals surface area contributed by atoms with Gasteiger partial charge in [0.05, 0.1) is 12.3 Å². The van der Waals surface area contributed by atoms with Crippen LogP contribution in [0.5, 0.6) is 0 Å². The molecule has 0 saturated carbocycles. The zero-order valence-corrected chi connectivity index (χ0v) is 15.9. The van der Waals surface area contributed by atoms with Crippen LogP contribution >= 0.6 is 12.2 Å². The van der Waals surface area contributed by atoms with Gasteiger partial charge in [0.25, 0.3) is 0 Å². The van der Waals surface area contributed by atoms with Crippen molar-refractivity contribution >= 4 is 23.0 Å². The number of benzene rings is 1. The number of furan rings is 1. The Labute approximate surface area is 155 Å². The molecule has 2 aromatic rings. The third-order valence-electron chi connectivity index (χ3n) is 4.92. The van der Waals surface area contributed by atoms with Crippen molar-refractivity contribution in [1.82, 2.24) is 10.2 Å². The molecule has 4 nitrogen and oxygen atoms in total. The van der Waals surface area contributed by atoms with Gasteiger partial charge in [-0.15, -0.1) is 0 Å². The van der Waals surface area contributed by atoms with Crippen molar-refractivity contribution < 1.29 is 4.42 Å². The second-order valence-electron chi connectivity index (χ2n) is 6.76. The van der Waals surface area contributed by atoms with Crippen LogP contribution in [0.2, 0.25) is 0 Å². The smallest absolute Gasteiger partial charge is 0.170 e. The van der Waals surface area contributed by atoms with Crippen LogP contribution in [-0.2, 0) is 0 Å². The van der Waals surface area contributed by atoms with Crippen molar-refractivity contribution in [3.05, 3.63) is 53.5 Å². The van der Waals surface area contributed by atoms with Gasteiger partial charge in [0.2, 0.25) is 0 Å². The summed E-state index contributed by atoms with van der Waals surface area (Å²) in [4.78, 5) is 2.49. The minimum Gasteiger partial charge on any atom is -0.468 e. The van der Waals surface area contributed by atoms with Gasteiger partial charge >= 0.3 is 0 Å². The summed E-state index contributed by atoms with van der Waals surface area (Å²) in [5.74, 6) is 1.00. The molecule has 0 spiro atoms. The number of aryl methyl sites for hydroxylation is 2. The summed E-state index contributed by atoms with van der Waals surface area (Å²) in [6, 6.07) is 10.5. The number of anilines is 1. The maximum absolute atomic E-state index is 5.68. The molecule has 25 heavy (non-hydrogen) atoms. The highest BCUT2D eigenvalue weighted by molar-refractivity contribution is 7.80. The highest BCUT2D eigenvalue weighted by Crippen LogP contribution is 2.24. The van der Waals surface area contributed by atoms with Gasteiger partial charge in [-0.25, -0.2) is 0 Å². The largest absolute Gasteiger partial charge is 0.468 e. The normalized spacial score (nSPS) is 16.4. The molecule has 1 unspecified atom stereocenters. The molecule has 3 rings (SSSR count). The fraction of sp³-hybridized carbons (Fsp3) is 0.450. The van der Waals surface area contributed by atoms with E-state index in [1.54, 1.807) is 6.26 Å². The fourth-order valence-electron chi connectivity index (χ4n) is 3.30. The Balaban J connectivity index is 1.60. The summed E-state index contributed by atoms with van der Waals surface area (Å²) < 4.78 is 5.68. The molecule has 0 radical (unpaired) electrons. The van der Waals surface area contributed by atoms with Gasteiger partial charge in [0, 0.05) is 12.2 Å². The first-order chi connectivity index (χ1) is 12.1. The maximum atomic E-state index is 5.68. The van der Waals surface area contributed by atoms with Gasteiger partial charge in [-0.05, 0) is 87.4 Å². The van der Waals surface area contributed by atoms with Crippen molar-refractivity contribution in [3.63, 3.8) is 0 Å². The highest BCUT2D eigenvalue weighted by atomic mass is 32.1. The molecule has 1 aliphatic heterocycles. The number of nitrogens with one attached hydrogen (secondary N) is 2. The molecule has 1 aliphatic rings. The van der Waals surface area contributed by atoms with E-state index in [0.717, 1.165) is 31.1 Å². The van der Waals surface area contributed by atoms with E-state index in [1.165, 1.54) is 30.4 Å². The lowest BCUT2D eigenvalue weighted by Crippen LogP contribution is -2.41. The molecule has 1 aromatic carbocycles. The molecule has 1 atom stereocenters. The Morgan fingerprint density at radius 2 is 1.96 bits per heavy atom. The lowest BCUT2D eigenvalue weighted by molar-refractivity contribution is 0.146. The van der Waals surface area contributed by atoms with Crippen LogP contribution in [0.15, 0.2) is 41.0 Å². The quantitative estimate of drug-likeness (QED) is 0.776. The monoisotopic (exact) mass is 357 g/mol. The number of thiocarbonyl (C=S) groups is 1. The predicted octanol–water partition coefficient (Wildman–Crippen LogP) is 4.41. The molecule has 0 aliphatic carbocycles. The summed E-state index contributed by atoms with van der Waals surface area (Å²) in [6.07, 6.45) is 5.57. The Morgan fingerprint density at radius 1 is 1.16 bits per heavy atom. The van der Waals surface area contributed by atoms with E-state index < -0.39 is 0 Å². The Hall–Kier alpha value is -1.85. The third kappa shape index (κ3) is 4.83. The SMILES string of the molecule is Cc1ccc(NC(=S)NCC(c2ccco2)N2CCCCC2)cc1C. The van der Waals surface area contributed by atoms with Crippen LogP contribution in [0.25, 0.3) is 0 Å². The predicted molar refractivity (Wildman–Crippen MR) is 107 cm³/mol. The van der Waals surface area contributed by atoms with E-state index in [9.17, 15) is 0 Å². The van der Waals surface area contributed by atoms with E-state index in [2.05, 4.69) is 53.6 Å². The van der Waals surface area contributed by atoms with Gasteiger partial charge in [-0.2, -0.15) is 0 Å². The molecule has 1 aromatic heterocycles. The Morgan fingerprint density at radius 3 is 2.64 bits per heavy atom. The summed E-state index contributed by atoms with van der Waals surface area (Å²) in [5.41, 5.74) is 3.56. The van der Waals surface area contributed by atoms with Crippen molar-refractivity contribution in [2.45, 2.75) is 39.2 Å². The minimum atomic E-state index is 0.217. The molecular weight excluding hydrogens is 330 g/mol. The second-order valence-corrected chi connectivity index (χ2v) is 7.17. The first-order valence-electron chi connectivity index (χ1n) is 9.03. The van der Waals surface area contributed by atoms with Gasteiger partial charge in [0.1, 0.15) is 5.76 Å². The highest BCUT2D eigenvalue weighted by Gasteiger charge is 2.24. The molecule has 2 N–H and O–H groups in total. The van der Waals surface area contributed by atoms with Crippen LogP contribution in [0.4, 0.5) is 5.69 Å². The van der Waals surface area contributed by atoms with Gasteiger partial charge < -0.3 is 15.1 Å². The van der Waals surface area contributed by atoms with E-state index in [1.807, 2.05) is 6.07 Å². The van der Waals surface area contributed by atoms with E-state index in [0.29, 0.717) is 5.11 Å². The molecule has 134 valence electrons. The van der Waals surface area contributed by atoms with Crippen LogP contribution < -0.4 is 10.6 Å². The number of hydrogen-bond donors (Lipinski definition) is 2. The summed E-state index contributed by atoms with van der Waals surface area (Å²) >= 11 is 5.49. The summed E-state index contributed by atoms with van der Waals surface area (Å²) in [7, 11) is 0. The first kappa shape index (κ1) is 18.0. The lowest BCUT2D eigenvalue weighted by Gasteiger charge is -2.33. The molecule has 0 bridgehead atoms. The van der Waals surface area contributed by atoms with Crippen LogP contribution in [0.1, 0.15) is 42.2 Å². The zero-order chi connectivity index (χ0) is 17.6. The number of nitrogens with zero attached hydrogens (tertiary/aromatic N) is 1. The standard InChI is InChI=1S/C20H27N3OS/c1-15-8-9-17(13-16(15)2)22-20(25)21-14-18(19-7-6-12-24-19)23-10-4-3-5-11-23/h6-9,12-13,18H,3-5,10-11,14H2,1-2H3,(H2,21,22,25). The molecular formula is C20H27N3OS. The maximum Gasteiger partial charge on any atom is 0.170 e. The third-order valence-corrected chi connectivity index (χ3v) is 5.17. The van der Waals surface area contributed by atoms with Crippen LogP contribution in [0, 0.1) is 13.8 Å². The lowest BCUT2D eigenvalue weighted by atomic mass is 10.1. The summed E-state index contributed by atoms with van der Waals surface area (Å²) in [5, 5.41) is 7.30. The summed E-state index contributed by atoms with van der Waals surface area (Å²) in [6.45, 7) is 7.20. The van der Waals surface area contributed by atoms with Crippen molar-refractivity contribution in [3.8, 4) is 0 Å². The minimum absolute atomic E-state index is 0.217. The van der Waals surface area contributed by atoms with Crippen molar-refractivity contribution in [2.75, 3.05) is 25.0 Å². The van der Waals surface area contributed by atoms with Gasteiger partial charge in [0.15, 0.2) is 5.11 Å².